The summed E-state index contributed by atoms with van der Waals surface area (Å²) in [6, 6.07) is 23.3. The summed E-state index contributed by atoms with van der Waals surface area (Å²) in [5, 5.41) is 2.92. The Morgan fingerprint density at radius 2 is 1.81 bits per heavy atom. The molecule has 7 nitrogen and oxygen atoms in total. The van der Waals surface area contributed by atoms with E-state index in [1.165, 1.54) is 5.52 Å². The topological polar surface area (TPSA) is 68.6 Å². The van der Waals surface area contributed by atoms with Crippen LogP contribution in [0.3, 0.4) is 0 Å². The van der Waals surface area contributed by atoms with Crippen LogP contribution in [0.2, 0.25) is 0 Å². The summed E-state index contributed by atoms with van der Waals surface area (Å²) in [6.07, 6.45) is 0. The monoisotopic (exact) mass is 428 g/mol. The van der Waals surface area contributed by atoms with Gasteiger partial charge in [0.2, 0.25) is 0 Å². The van der Waals surface area contributed by atoms with Crippen LogP contribution in [0.4, 0.5) is 11.4 Å². The lowest BCUT2D eigenvalue weighted by molar-refractivity contribution is -0.118. The van der Waals surface area contributed by atoms with Crippen LogP contribution >= 0.6 is 0 Å². The third-order valence-corrected chi connectivity index (χ3v) is 5.58. The number of anilines is 2. The van der Waals surface area contributed by atoms with Crippen LogP contribution in [0.15, 0.2) is 72.8 Å². The van der Waals surface area contributed by atoms with E-state index in [-0.39, 0.29) is 12.5 Å². The highest BCUT2D eigenvalue weighted by atomic mass is 16.5. The maximum absolute atomic E-state index is 12.4. The standard InChI is InChI=1S/C25H24N4O3/c1-31-20-9-11-21(12-10-20)32-17-25(30)26-18-5-4-6-19(15-18)28-13-14-29-23-8-3-2-7-22(23)27-24(29)16-28/h2-12,15H,13-14,16-17H2,1H3,(H,26,30). The number of carbonyl (C=O) groups is 1. The van der Waals surface area contributed by atoms with Crippen LogP contribution in [0.5, 0.6) is 11.5 Å². The second kappa shape index (κ2) is 8.63. The van der Waals surface area contributed by atoms with E-state index in [9.17, 15) is 4.79 Å². The van der Waals surface area contributed by atoms with Gasteiger partial charge in [-0.25, -0.2) is 4.98 Å². The smallest absolute Gasteiger partial charge is 0.262 e. The van der Waals surface area contributed by atoms with Gasteiger partial charge in [-0.15, -0.1) is 0 Å². The number of nitrogens with zero attached hydrogens (tertiary/aromatic N) is 3. The first-order valence-electron chi connectivity index (χ1n) is 10.6. The molecule has 1 aromatic heterocycles. The van der Waals surface area contributed by atoms with Crippen molar-refractivity contribution in [3.05, 3.63) is 78.6 Å². The molecule has 32 heavy (non-hydrogen) atoms. The van der Waals surface area contributed by atoms with Gasteiger partial charge in [0, 0.05) is 24.5 Å². The highest BCUT2D eigenvalue weighted by Gasteiger charge is 2.20. The Bertz CT molecular complexity index is 1250. The molecule has 0 atom stereocenters. The Morgan fingerprint density at radius 1 is 1.00 bits per heavy atom. The summed E-state index contributed by atoms with van der Waals surface area (Å²) in [5.41, 5.74) is 4.00. The van der Waals surface area contributed by atoms with Gasteiger partial charge in [-0.1, -0.05) is 18.2 Å². The Kier molecular flexibility index (Phi) is 5.37. The zero-order chi connectivity index (χ0) is 21.9. The van der Waals surface area contributed by atoms with Crippen molar-refractivity contribution in [2.45, 2.75) is 13.1 Å². The highest BCUT2D eigenvalue weighted by molar-refractivity contribution is 5.92. The van der Waals surface area contributed by atoms with Gasteiger partial charge in [0.15, 0.2) is 6.61 Å². The number of hydrogen-bond acceptors (Lipinski definition) is 5. The molecule has 0 radical (unpaired) electrons. The van der Waals surface area contributed by atoms with Crippen molar-refractivity contribution in [2.24, 2.45) is 0 Å². The molecule has 0 bridgehead atoms. The number of hydrogen-bond donors (Lipinski definition) is 1. The molecule has 1 amide bonds. The Hall–Kier alpha value is -4.00. The predicted molar refractivity (Wildman–Crippen MR) is 124 cm³/mol. The van der Waals surface area contributed by atoms with E-state index in [1.54, 1.807) is 31.4 Å². The number of imidazole rings is 1. The number of para-hydroxylation sites is 2. The third-order valence-electron chi connectivity index (χ3n) is 5.58. The van der Waals surface area contributed by atoms with Gasteiger partial charge < -0.3 is 24.3 Å². The van der Waals surface area contributed by atoms with Crippen LogP contribution < -0.4 is 19.7 Å². The summed E-state index contributed by atoms with van der Waals surface area (Å²) in [6.45, 7) is 2.42. The average Bonchev–Trinajstić information content (AvgIpc) is 3.21. The molecule has 3 aromatic carbocycles. The molecule has 0 fully saturated rings. The molecule has 0 unspecified atom stereocenters. The van der Waals surface area contributed by atoms with E-state index < -0.39 is 0 Å². The fraction of sp³-hybridized carbons (Fsp3) is 0.200. The first kappa shape index (κ1) is 19.9. The lowest BCUT2D eigenvalue weighted by atomic mass is 10.2. The number of rotatable bonds is 6. The van der Waals surface area contributed by atoms with Crippen LogP contribution in [0.25, 0.3) is 11.0 Å². The molecule has 0 saturated carbocycles. The van der Waals surface area contributed by atoms with Gasteiger partial charge >= 0.3 is 0 Å². The van der Waals surface area contributed by atoms with E-state index in [0.29, 0.717) is 5.75 Å². The number of methoxy groups -OCH3 is 1. The highest BCUT2D eigenvalue weighted by Crippen LogP contribution is 2.26. The Morgan fingerprint density at radius 3 is 2.66 bits per heavy atom. The van der Waals surface area contributed by atoms with Gasteiger partial charge in [-0.3, -0.25) is 4.79 Å². The summed E-state index contributed by atoms with van der Waals surface area (Å²) < 4.78 is 13.0. The Balaban J connectivity index is 1.23. The molecule has 0 aliphatic carbocycles. The van der Waals surface area contributed by atoms with Crippen LogP contribution in [-0.4, -0.2) is 35.7 Å². The molecule has 162 valence electrons. The van der Waals surface area contributed by atoms with E-state index >= 15 is 0 Å². The molecule has 5 rings (SSSR count). The molecule has 1 aliphatic rings. The molecular weight excluding hydrogens is 404 g/mol. The number of carbonyl (C=O) groups excluding carboxylic acids is 1. The summed E-state index contributed by atoms with van der Waals surface area (Å²) in [4.78, 5) is 19.4. The fourth-order valence-corrected chi connectivity index (χ4v) is 3.98. The summed E-state index contributed by atoms with van der Waals surface area (Å²) >= 11 is 0. The largest absolute Gasteiger partial charge is 0.497 e. The minimum atomic E-state index is -0.210. The summed E-state index contributed by atoms with van der Waals surface area (Å²) in [5.74, 6) is 2.20. The van der Waals surface area contributed by atoms with Crippen molar-refractivity contribution in [1.82, 2.24) is 9.55 Å². The predicted octanol–water partition coefficient (Wildman–Crippen LogP) is 4.08. The number of nitrogens with one attached hydrogen (secondary N) is 1. The fourth-order valence-electron chi connectivity index (χ4n) is 3.98. The van der Waals surface area contributed by atoms with E-state index in [4.69, 9.17) is 14.5 Å². The minimum absolute atomic E-state index is 0.0652. The van der Waals surface area contributed by atoms with E-state index in [1.807, 2.05) is 30.3 Å². The van der Waals surface area contributed by atoms with E-state index in [0.717, 1.165) is 48.1 Å². The lowest BCUT2D eigenvalue weighted by Crippen LogP contribution is -2.33. The maximum atomic E-state index is 12.4. The number of ether oxygens (including phenoxy) is 2. The van der Waals surface area contributed by atoms with Crippen LogP contribution in [-0.2, 0) is 17.9 Å². The maximum Gasteiger partial charge on any atom is 0.262 e. The van der Waals surface area contributed by atoms with Gasteiger partial charge in [0.1, 0.15) is 17.3 Å². The molecule has 0 saturated heterocycles. The molecule has 7 heteroatoms. The molecule has 2 heterocycles. The molecule has 1 N–H and O–H groups in total. The number of benzene rings is 3. The number of fused-ring (bicyclic) bond motifs is 3. The molecule has 1 aliphatic heterocycles. The quantitative estimate of drug-likeness (QED) is 0.501. The van der Waals surface area contributed by atoms with Crippen molar-refractivity contribution in [1.29, 1.82) is 0 Å². The lowest BCUT2D eigenvalue weighted by Gasteiger charge is -2.30. The van der Waals surface area contributed by atoms with Crippen molar-refractivity contribution in [3.63, 3.8) is 0 Å². The normalized spacial score (nSPS) is 13.0. The van der Waals surface area contributed by atoms with Crippen molar-refractivity contribution >= 4 is 28.3 Å². The second-order valence-corrected chi connectivity index (χ2v) is 7.65. The van der Waals surface area contributed by atoms with Crippen molar-refractivity contribution in [2.75, 3.05) is 30.5 Å². The van der Waals surface area contributed by atoms with Crippen molar-refractivity contribution < 1.29 is 14.3 Å². The van der Waals surface area contributed by atoms with Gasteiger partial charge in [0.25, 0.3) is 5.91 Å². The average molecular weight is 428 g/mol. The summed E-state index contributed by atoms with van der Waals surface area (Å²) in [7, 11) is 1.61. The zero-order valence-corrected chi connectivity index (χ0v) is 17.8. The van der Waals surface area contributed by atoms with Gasteiger partial charge in [-0.2, -0.15) is 0 Å². The Labute approximate surface area is 186 Å². The van der Waals surface area contributed by atoms with Crippen LogP contribution in [0.1, 0.15) is 5.82 Å². The van der Waals surface area contributed by atoms with Gasteiger partial charge in [0.05, 0.1) is 24.7 Å². The third kappa shape index (κ3) is 4.09. The molecule has 0 spiro atoms. The minimum Gasteiger partial charge on any atom is -0.497 e. The van der Waals surface area contributed by atoms with E-state index in [2.05, 4.69) is 33.0 Å². The zero-order valence-electron chi connectivity index (χ0n) is 17.8. The second-order valence-electron chi connectivity index (χ2n) is 7.65. The van der Waals surface area contributed by atoms with Crippen molar-refractivity contribution in [3.8, 4) is 11.5 Å². The molecular formula is C25H24N4O3. The number of amides is 1. The first-order chi connectivity index (χ1) is 15.7. The molecule has 4 aromatic rings. The number of aromatic nitrogens is 2. The van der Waals surface area contributed by atoms with Crippen LogP contribution in [0, 0.1) is 0 Å². The van der Waals surface area contributed by atoms with Gasteiger partial charge in [-0.05, 0) is 54.6 Å². The first-order valence-corrected chi connectivity index (χ1v) is 10.6. The SMILES string of the molecule is COc1ccc(OCC(=O)Nc2cccc(N3CCn4c(nc5ccccc54)C3)c2)cc1.